The van der Waals surface area contributed by atoms with E-state index in [0.717, 1.165) is 25.3 Å². The molecule has 2 aliphatic rings. The molecule has 1 amide bonds. The van der Waals surface area contributed by atoms with E-state index in [1.165, 1.54) is 32.1 Å². The van der Waals surface area contributed by atoms with Gasteiger partial charge in [-0.05, 0) is 38.0 Å². The fourth-order valence-corrected chi connectivity index (χ4v) is 3.42. The fraction of sp³-hybridized carbons (Fsp3) is 0.923. The highest BCUT2D eigenvalue weighted by molar-refractivity contribution is 6.17. The van der Waals surface area contributed by atoms with Gasteiger partial charge in [0.1, 0.15) is 0 Å². The van der Waals surface area contributed by atoms with Gasteiger partial charge in [-0.25, -0.2) is 0 Å². The smallest absolute Gasteiger partial charge is 0.222 e. The third kappa shape index (κ3) is 2.71. The van der Waals surface area contributed by atoms with E-state index in [1.54, 1.807) is 0 Å². The molecule has 0 aromatic carbocycles. The molecule has 0 bridgehead atoms. The van der Waals surface area contributed by atoms with Crippen molar-refractivity contribution in [2.45, 2.75) is 57.4 Å². The first kappa shape index (κ1) is 12.2. The lowest BCUT2D eigenvalue weighted by atomic mass is 9.85. The van der Waals surface area contributed by atoms with E-state index in [9.17, 15) is 4.79 Å². The number of carbonyl (C=O) groups excluding carboxylic acids is 1. The van der Waals surface area contributed by atoms with Crippen LogP contribution in [0, 0.1) is 5.92 Å². The summed E-state index contributed by atoms with van der Waals surface area (Å²) in [5, 5.41) is 0. The van der Waals surface area contributed by atoms with Crippen LogP contribution in [-0.2, 0) is 4.79 Å². The maximum atomic E-state index is 12.1. The molecule has 0 aromatic heterocycles. The number of alkyl halides is 1. The van der Waals surface area contributed by atoms with Crippen molar-refractivity contribution < 1.29 is 4.79 Å². The number of likely N-dealkylation sites (tertiary alicyclic amines) is 1. The number of unbranched alkanes of at least 4 members (excludes halogenated alkanes) is 1. The third-order valence-corrected chi connectivity index (χ3v) is 4.37. The highest BCUT2D eigenvalue weighted by Crippen LogP contribution is 2.36. The number of fused-ring (bicyclic) bond motifs is 1. The van der Waals surface area contributed by atoms with Crippen LogP contribution in [-0.4, -0.2) is 29.3 Å². The zero-order valence-corrected chi connectivity index (χ0v) is 10.7. The highest BCUT2D eigenvalue weighted by Gasteiger charge is 2.37. The first-order valence-corrected chi connectivity index (χ1v) is 7.22. The zero-order chi connectivity index (χ0) is 11.4. The van der Waals surface area contributed by atoms with Crippen molar-refractivity contribution in [1.29, 1.82) is 0 Å². The van der Waals surface area contributed by atoms with E-state index < -0.39 is 0 Å². The van der Waals surface area contributed by atoms with Gasteiger partial charge in [0.05, 0.1) is 0 Å². The summed E-state index contributed by atoms with van der Waals surface area (Å²) in [6.45, 7) is 1.01. The second-order valence-electron chi connectivity index (χ2n) is 5.13. The molecule has 1 aliphatic heterocycles. The lowest BCUT2D eigenvalue weighted by Crippen LogP contribution is -2.39. The Morgan fingerprint density at radius 1 is 1.19 bits per heavy atom. The molecule has 2 atom stereocenters. The molecule has 92 valence electrons. The summed E-state index contributed by atoms with van der Waals surface area (Å²) in [6.07, 6.45) is 9.14. The van der Waals surface area contributed by atoms with Crippen molar-refractivity contribution in [1.82, 2.24) is 4.90 Å². The van der Waals surface area contributed by atoms with Gasteiger partial charge in [0.2, 0.25) is 5.91 Å². The summed E-state index contributed by atoms with van der Waals surface area (Å²) in [5.74, 6) is 1.87. The van der Waals surface area contributed by atoms with Gasteiger partial charge in [-0.3, -0.25) is 4.79 Å². The molecule has 0 radical (unpaired) electrons. The van der Waals surface area contributed by atoms with Crippen molar-refractivity contribution in [2.75, 3.05) is 12.4 Å². The van der Waals surface area contributed by atoms with Crippen LogP contribution in [0.1, 0.15) is 51.4 Å². The molecule has 1 heterocycles. The summed E-state index contributed by atoms with van der Waals surface area (Å²) in [4.78, 5) is 14.2. The van der Waals surface area contributed by atoms with Crippen molar-refractivity contribution >= 4 is 17.5 Å². The van der Waals surface area contributed by atoms with Gasteiger partial charge in [-0.2, -0.15) is 0 Å². The minimum Gasteiger partial charge on any atom is -0.339 e. The highest BCUT2D eigenvalue weighted by atomic mass is 35.5. The molecule has 16 heavy (non-hydrogen) atoms. The van der Waals surface area contributed by atoms with Gasteiger partial charge in [-0.15, -0.1) is 11.6 Å². The van der Waals surface area contributed by atoms with Gasteiger partial charge >= 0.3 is 0 Å². The van der Waals surface area contributed by atoms with Gasteiger partial charge in [0, 0.05) is 24.9 Å². The standard InChI is InChI=1S/C13H22ClNO/c14-9-4-3-7-13(16)15-10-8-11-5-1-2-6-12(11)15/h11-12H,1-10H2. The Kier molecular flexibility index (Phi) is 4.51. The van der Waals surface area contributed by atoms with Crippen molar-refractivity contribution in [2.24, 2.45) is 5.92 Å². The maximum absolute atomic E-state index is 12.1. The van der Waals surface area contributed by atoms with E-state index in [1.807, 2.05) is 0 Å². The van der Waals surface area contributed by atoms with Crippen LogP contribution in [0.25, 0.3) is 0 Å². The number of amides is 1. The predicted octanol–water partition coefficient (Wildman–Crippen LogP) is 3.19. The van der Waals surface area contributed by atoms with Gasteiger partial charge in [-0.1, -0.05) is 12.8 Å². The summed E-state index contributed by atoms with van der Waals surface area (Å²) in [6, 6.07) is 0.581. The molecule has 1 aliphatic carbocycles. The van der Waals surface area contributed by atoms with Crippen LogP contribution in [0.15, 0.2) is 0 Å². The molecule has 3 heteroatoms. The quantitative estimate of drug-likeness (QED) is 0.549. The van der Waals surface area contributed by atoms with E-state index in [-0.39, 0.29) is 0 Å². The molecule has 0 spiro atoms. The number of hydrogen-bond donors (Lipinski definition) is 0. The molecule has 1 saturated carbocycles. The molecule has 0 N–H and O–H groups in total. The number of nitrogens with zero attached hydrogens (tertiary/aromatic N) is 1. The minimum absolute atomic E-state index is 0.375. The topological polar surface area (TPSA) is 20.3 Å². The number of hydrogen-bond acceptors (Lipinski definition) is 1. The Balaban J connectivity index is 1.82. The first-order valence-electron chi connectivity index (χ1n) is 6.68. The molecular weight excluding hydrogens is 222 g/mol. The van der Waals surface area contributed by atoms with E-state index in [4.69, 9.17) is 11.6 Å². The molecule has 2 nitrogen and oxygen atoms in total. The summed E-state index contributed by atoms with van der Waals surface area (Å²) >= 11 is 5.63. The van der Waals surface area contributed by atoms with E-state index >= 15 is 0 Å². The third-order valence-electron chi connectivity index (χ3n) is 4.10. The Hall–Kier alpha value is -0.240. The molecule has 2 fully saturated rings. The van der Waals surface area contributed by atoms with E-state index in [2.05, 4.69) is 4.90 Å². The predicted molar refractivity (Wildman–Crippen MR) is 66.6 cm³/mol. The number of rotatable bonds is 4. The molecular formula is C13H22ClNO. The SMILES string of the molecule is O=C(CCCCCl)N1CCC2CCCCC21. The summed E-state index contributed by atoms with van der Waals surface area (Å²) < 4.78 is 0. The second kappa shape index (κ2) is 5.90. The lowest BCUT2D eigenvalue weighted by Gasteiger charge is -2.31. The van der Waals surface area contributed by atoms with Crippen LogP contribution in [0.4, 0.5) is 0 Å². The van der Waals surface area contributed by atoms with Gasteiger partial charge < -0.3 is 4.90 Å². The molecule has 1 saturated heterocycles. The summed E-state index contributed by atoms with van der Waals surface area (Å²) in [5.41, 5.74) is 0. The number of carbonyl (C=O) groups is 1. The van der Waals surface area contributed by atoms with Gasteiger partial charge in [0.15, 0.2) is 0 Å². The fourth-order valence-electron chi connectivity index (χ4n) is 3.23. The largest absolute Gasteiger partial charge is 0.339 e. The van der Waals surface area contributed by atoms with Crippen LogP contribution >= 0.6 is 11.6 Å². The van der Waals surface area contributed by atoms with Crippen LogP contribution < -0.4 is 0 Å². The zero-order valence-electron chi connectivity index (χ0n) is 9.96. The Labute approximate surface area is 103 Å². The average molecular weight is 244 g/mol. The average Bonchev–Trinajstić information content (AvgIpc) is 2.73. The molecule has 2 unspecified atom stereocenters. The van der Waals surface area contributed by atoms with E-state index in [0.29, 0.717) is 24.2 Å². The number of halogens is 1. The Morgan fingerprint density at radius 2 is 2.00 bits per heavy atom. The second-order valence-corrected chi connectivity index (χ2v) is 5.51. The Morgan fingerprint density at radius 3 is 2.81 bits per heavy atom. The van der Waals surface area contributed by atoms with Crippen molar-refractivity contribution in [3.05, 3.63) is 0 Å². The van der Waals surface area contributed by atoms with Crippen LogP contribution in [0.3, 0.4) is 0 Å². The van der Waals surface area contributed by atoms with Crippen molar-refractivity contribution in [3.8, 4) is 0 Å². The maximum Gasteiger partial charge on any atom is 0.222 e. The van der Waals surface area contributed by atoms with Gasteiger partial charge in [0.25, 0.3) is 0 Å². The summed E-state index contributed by atoms with van der Waals surface area (Å²) in [7, 11) is 0. The van der Waals surface area contributed by atoms with Crippen molar-refractivity contribution in [3.63, 3.8) is 0 Å². The van der Waals surface area contributed by atoms with Crippen LogP contribution in [0.2, 0.25) is 0 Å². The Bertz CT molecular complexity index is 244. The molecule has 0 aromatic rings. The van der Waals surface area contributed by atoms with Crippen LogP contribution in [0.5, 0.6) is 0 Å². The minimum atomic E-state index is 0.375. The molecule has 2 rings (SSSR count). The monoisotopic (exact) mass is 243 g/mol. The normalized spacial score (nSPS) is 29.2. The first-order chi connectivity index (χ1) is 7.83. The lowest BCUT2D eigenvalue weighted by molar-refractivity contribution is -0.132.